The van der Waals surface area contributed by atoms with Crippen molar-refractivity contribution in [3.05, 3.63) is 54.4 Å². The molecular formula is C21H22F3N5O. The summed E-state index contributed by atoms with van der Waals surface area (Å²) in [6.45, 7) is 5.77. The van der Waals surface area contributed by atoms with Gasteiger partial charge in [-0.25, -0.2) is 4.98 Å². The van der Waals surface area contributed by atoms with Gasteiger partial charge in [-0.05, 0) is 56.2 Å². The van der Waals surface area contributed by atoms with Gasteiger partial charge in [-0.15, -0.1) is 13.2 Å². The maximum atomic E-state index is 12.4. The van der Waals surface area contributed by atoms with Crippen LogP contribution in [0, 0.1) is 6.92 Å². The predicted molar refractivity (Wildman–Crippen MR) is 110 cm³/mol. The van der Waals surface area contributed by atoms with Gasteiger partial charge in [0.25, 0.3) is 0 Å². The molecule has 1 aromatic carbocycles. The van der Waals surface area contributed by atoms with E-state index >= 15 is 0 Å². The largest absolute Gasteiger partial charge is 0.573 e. The minimum atomic E-state index is -4.73. The number of alkyl halides is 3. The van der Waals surface area contributed by atoms with E-state index in [2.05, 4.69) is 37.2 Å². The first-order valence-corrected chi connectivity index (χ1v) is 9.43. The third kappa shape index (κ3) is 5.82. The summed E-state index contributed by atoms with van der Waals surface area (Å²) in [5.74, 6) is 0.691. The normalized spacial score (nSPS) is 12.3. The molecule has 0 fully saturated rings. The van der Waals surface area contributed by atoms with Gasteiger partial charge in [0.1, 0.15) is 11.6 Å². The predicted octanol–water partition coefficient (Wildman–Crippen LogP) is 5.70. The molecule has 0 radical (unpaired) electrons. The van der Waals surface area contributed by atoms with E-state index < -0.39 is 6.36 Å². The van der Waals surface area contributed by atoms with Crippen LogP contribution in [-0.2, 0) is 0 Å². The third-order valence-corrected chi connectivity index (χ3v) is 4.38. The van der Waals surface area contributed by atoms with Crippen LogP contribution < -0.4 is 15.4 Å². The molecule has 2 N–H and O–H groups in total. The standard InChI is InChI=1S/C21H22F3N5O/c1-4-14(3)26-20-28-18(15-7-9-25-10-8-15)12-19(29-20)27-17-6-5-16(11-13(17)2)30-21(22,23)24/h5-12,14H,4H2,1-3H3,(H2,26,27,28,29)/t14-/m0/s1. The van der Waals surface area contributed by atoms with Crippen molar-refractivity contribution in [2.24, 2.45) is 0 Å². The van der Waals surface area contributed by atoms with Crippen molar-refractivity contribution < 1.29 is 17.9 Å². The summed E-state index contributed by atoms with van der Waals surface area (Å²) >= 11 is 0. The molecule has 0 aliphatic heterocycles. The van der Waals surface area contributed by atoms with E-state index in [0.717, 1.165) is 12.0 Å². The van der Waals surface area contributed by atoms with Crippen molar-refractivity contribution in [2.75, 3.05) is 10.6 Å². The summed E-state index contributed by atoms with van der Waals surface area (Å²) in [6, 6.07) is 9.72. The summed E-state index contributed by atoms with van der Waals surface area (Å²) in [7, 11) is 0. The fourth-order valence-electron chi connectivity index (χ4n) is 2.68. The highest BCUT2D eigenvalue weighted by Crippen LogP contribution is 2.29. The molecule has 6 nitrogen and oxygen atoms in total. The van der Waals surface area contributed by atoms with Crippen molar-refractivity contribution in [3.8, 4) is 17.0 Å². The third-order valence-electron chi connectivity index (χ3n) is 4.38. The number of ether oxygens (including phenoxy) is 1. The van der Waals surface area contributed by atoms with Crippen LogP contribution in [0.15, 0.2) is 48.8 Å². The Morgan fingerprint density at radius 1 is 1.07 bits per heavy atom. The summed E-state index contributed by atoms with van der Waals surface area (Å²) in [6.07, 6.45) is -0.485. The summed E-state index contributed by atoms with van der Waals surface area (Å²) in [4.78, 5) is 13.1. The number of anilines is 3. The van der Waals surface area contributed by atoms with Crippen LogP contribution in [0.4, 0.5) is 30.6 Å². The lowest BCUT2D eigenvalue weighted by atomic mass is 10.1. The Labute approximate surface area is 172 Å². The van der Waals surface area contributed by atoms with E-state index in [1.54, 1.807) is 25.4 Å². The summed E-state index contributed by atoms with van der Waals surface area (Å²) in [5, 5.41) is 6.42. The van der Waals surface area contributed by atoms with Gasteiger partial charge in [-0.2, -0.15) is 4.98 Å². The number of pyridine rings is 1. The lowest BCUT2D eigenvalue weighted by molar-refractivity contribution is -0.274. The molecule has 158 valence electrons. The number of nitrogens with one attached hydrogen (secondary N) is 2. The molecule has 30 heavy (non-hydrogen) atoms. The molecule has 2 aromatic heterocycles. The van der Waals surface area contributed by atoms with E-state index in [-0.39, 0.29) is 11.8 Å². The lowest BCUT2D eigenvalue weighted by Gasteiger charge is -2.16. The Hall–Kier alpha value is -3.36. The summed E-state index contributed by atoms with van der Waals surface area (Å²) in [5.41, 5.74) is 2.75. The number of aryl methyl sites for hydroxylation is 1. The topological polar surface area (TPSA) is 72.0 Å². The van der Waals surface area contributed by atoms with Gasteiger partial charge in [-0.3, -0.25) is 4.98 Å². The van der Waals surface area contributed by atoms with Gasteiger partial charge in [0.05, 0.1) is 5.69 Å². The smallest absolute Gasteiger partial charge is 0.406 e. The van der Waals surface area contributed by atoms with E-state index in [4.69, 9.17) is 0 Å². The molecule has 2 heterocycles. The van der Waals surface area contributed by atoms with Crippen molar-refractivity contribution >= 4 is 17.5 Å². The van der Waals surface area contributed by atoms with Crippen LogP contribution in [0.3, 0.4) is 0 Å². The molecule has 9 heteroatoms. The number of hydrogen-bond acceptors (Lipinski definition) is 6. The maximum Gasteiger partial charge on any atom is 0.573 e. The van der Waals surface area contributed by atoms with Crippen molar-refractivity contribution in [1.29, 1.82) is 0 Å². The molecule has 0 saturated heterocycles. The number of benzene rings is 1. The van der Waals surface area contributed by atoms with Crippen LogP contribution in [0.2, 0.25) is 0 Å². The molecule has 0 bridgehead atoms. The second-order valence-corrected chi connectivity index (χ2v) is 6.80. The molecule has 0 amide bonds. The first-order chi connectivity index (χ1) is 14.2. The number of hydrogen-bond donors (Lipinski definition) is 2. The fraction of sp³-hybridized carbons (Fsp3) is 0.286. The Bertz CT molecular complexity index is 996. The highest BCUT2D eigenvalue weighted by Gasteiger charge is 2.31. The zero-order chi connectivity index (χ0) is 21.7. The van der Waals surface area contributed by atoms with Crippen LogP contribution in [-0.4, -0.2) is 27.4 Å². The Balaban J connectivity index is 1.92. The average molecular weight is 417 g/mol. The fourth-order valence-corrected chi connectivity index (χ4v) is 2.68. The van der Waals surface area contributed by atoms with Crippen LogP contribution in [0.1, 0.15) is 25.8 Å². The first-order valence-electron chi connectivity index (χ1n) is 9.43. The molecular weight excluding hydrogens is 395 g/mol. The zero-order valence-electron chi connectivity index (χ0n) is 16.8. The Morgan fingerprint density at radius 3 is 2.43 bits per heavy atom. The molecule has 1 atom stereocenters. The molecule has 0 saturated carbocycles. The van der Waals surface area contributed by atoms with Crippen molar-refractivity contribution in [3.63, 3.8) is 0 Å². The van der Waals surface area contributed by atoms with Gasteiger partial charge in [0.15, 0.2) is 0 Å². The monoisotopic (exact) mass is 417 g/mol. The van der Waals surface area contributed by atoms with E-state index in [1.165, 1.54) is 18.2 Å². The SMILES string of the molecule is CC[C@H](C)Nc1nc(Nc2ccc(OC(F)(F)F)cc2C)cc(-c2ccncc2)n1. The molecule has 0 aliphatic carbocycles. The minimum absolute atomic E-state index is 0.172. The second-order valence-electron chi connectivity index (χ2n) is 6.80. The van der Waals surface area contributed by atoms with E-state index in [0.29, 0.717) is 28.7 Å². The molecule has 0 spiro atoms. The molecule has 0 aliphatic rings. The number of nitrogens with zero attached hydrogens (tertiary/aromatic N) is 3. The Morgan fingerprint density at radius 2 is 1.80 bits per heavy atom. The first kappa shape index (κ1) is 21.4. The van der Waals surface area contributed by atoms with Crippen LogP contribution in [0.25, 0.3) is 11.3 Å². The van der Waals surface area contributed by atoms with Crippen molar-refractivity contribution in [2.45, 2.75) is 39.6 Å². The lowest BCUT2D eigenvalue weighted by Crippen LogP contribution is -2.17. The quantitative estimate of drug-likeness (QED) is 0.514. The van der Waals surface area contributed by atoms with E-state index in [1.807, 2.05) is 19.1 Å². The number of aromatic nitrogens is 3. The van der Waals surface area contributed by atoms with E-state index in [9.17, 15) is 13.2 Å². The van der Waals surface area contributed by atoms with Crippen LogP contribution in [0.5, 0.6) is 5.75 Å². The highest BCUT2D eigenvalue weighted by molar-refractivity contribution is 5.68. The molecule has 3 aromatic rings. The molecule has 3 rings (SSSR count). The number of rotatable bonds is 7. The second kappa shape index (κ2) is 8.98. The Kier molecular flexibility index (Phi) is 6.39. The van der Waals surface area contributed by atoms with Crippen molar-refractivity contribution in [1.82, 2.24) is 15.0 Å². The number of halogens is 3. The zero-order valence-corrected chi connectivity index (χ0v) is 16.8. The van der Waals surface area contributed by atoms with Crippen LogP contribution >= 0.6 is 0 Å². The van der Waals surface area contributed by atoms with Gasteiger partial charge >= 0.3 is 6.36 Å². The van der Waals surface area contributed by atoms with Gasteiger partial charge in [-0.1, -0.05) is 6.92 Å². The van der Waals surface area contributed by atoms with Gasteiger partial charge in [0.2, 0.25) is 5.95 Å². The summed E-state index contributed by atoms with van der Waals surface area (Å²) < 4.78 is 41.3. The average Bonchev–Trinajstić information content (AvgIpc) is 2.69. The minimum Gasteiger partial charge on any atom is -0.406 e. The van der Waals surface area contributed by atoms with Gasteiger partial charge in [0, 0.05) is 35.8 Å². The maximum absolute atomic E-state index is 12.4. The highest BCUT2D eigenvalue weighted by atomic mass is 19.4. The van der Waals surface area contributed by atoms with Gasteiger partial charge < -0.3 is 15.4 Å². The molecule has 0 unspecified atom stereocenters.